The lowest BCUT2D eigenvalue weighted by Crippen LogP contribution is -2.54. The molecule has 0 saturated carbocycles. The normalized spacial score (nSPS) is 15.4. The summed E-state index contributed by atoms with van der Waals surface area (Å²) in [4.78, 5) is 38.3. The highest BCUT2D eigenvalue weighted by Crippen LogP contribution is 2.25. The zero-order valence-corrected chi connectivity index (χ0v) is 15.2. The molecule has 6 nitrogen and oxygen atoms in total. The number of rotatable bonds is 4. The van der Waals surface area contributed by atoms with Gasteiger partial charge in [0.05, 0.1) is 5.69 Å². The summed E-state index contributed by atoms with van der Waals surface area (Å²) in [5, 5.41) is 2.21. The Balaban J connectivity index is 1.64. The lowest BCUT2D eigenvalue weighted by atomic mass is 10.1. The van der Waals surface area contributed by atoms with Crippen LogP contribution in [-0.2, 0) is 9.59 Å². The van der Waals surface area contributed by atoms with E-state index in [2.05, 4.69) is 5.32 Å². The van der Waals surface area contributed by atoms with Gasteiger partial charge in [-0.3, -0.25) is 14.9 Å². The summed E-state index contributed by atoms with van der Waals surface area (Å²) in [6.07, 6.45) is 1.44. The summed E-state index contributed by atoms with van der Waals surface area (Å²) < 4.78 is 5.79. The number of hydrogen-bond acceptors (Lipinski definition) is 4. The van der Waals surface area contributed by atoms with Gasteiger partial charge in [0.2, 0.25) is 0 Å². The van der Waals surface area contributed by atoms with Gasteiger partial charge in [-0.25, -0.2) is 9.69 Å². The molecule has 1 aliphatic heterocycles. The lowest BCUT2D eigenvalue weighted by Gasteiger charge is -2.26. The van der Waals surface area contributed by atoms with Crippen molar-refractivity contribution in [3.63, 3.8) is 0 Å². The van der Waals surface area contributed by atoms with Crippen molar-refractivity contribution in [3.05, 3.63) is 96.1 Å². The highest BCUT2D eigenvalue weighted by Gasteiger charge is 2.36. The zero-order chi connectivity index (χ0) is 20.2. The quantitative estimate of drug-likeness (QED) is 0.542. The molecular weight excluding hydrogens is 368 g/mol. The number of benzene rings is 3. The van der Waals surface area contributed by atoms with E-state index in [1.54, 1.807) is 54.6 Å². The van der Waals surface area contributed by atoms with E-state index in [1.165, 1.54) is 6.08 Å². The van der Waals surface area contributed by atoms with E-state index in [9.17, 15) is 14.4 Å². The average molecular weight is 384 g/mol. The maximum Gasteiger partial charge on any atom is 0.335 e. The van der Waals surface area contributed by atoms with Crippen LogP contribution in [0.4, 0.5) is 10.5 Å². The number of barbiturate groups is 1. The molecule has 0 atom stereocenters. The highest BCUT2D eigenvalue weighted by molar-refractivity contribution is 6.39. The van der Waals surface area contributed by atoms with Crippen molar-refractivity contribution in [2.75, 3.05) is 4.90 Å². The molecule has 0 spiro atoms. The van der Waals surface area contributed by atoms with Gasteiger partial charge in [-0.2, -0.15) is 0 Å². The second-order valence-electron chi connectivity index (χ2n) is 6.28. The van der Waals surface area contributed by atoms with Crippen LogP contribution in [0, 0.1) is 0 Å². The number of urea groups is 1. The smallest absolute Gasteiger partial charge is 0.335 e. The molecule has 1 heterocycles. The van der Waals surface area contributed by atoms with Gasteiger partial charge < -0.3 is 4.74 Å². The fourth-order valence-electron chi connectivity index (χ4n) is 2.93. The molecule has 29 heavy (non-hydrogen) atoms. The Morgan fingerprint density at radius 1 is 0.759 bits per heavy atom. The van der Waals surface area contributed by atoms with Gasteiger partial charge in [-0.1, -0.05) is 48.5 Å². The van der Waals surface area contributed by atoms with Crippen molar-refractivity contribution < 1.29 is 19.1 Å². The molecule has 6 heteroatoms. The van der Waals surface area contributed by atoms with E-state index in [1.807, 2.05) is 30.3 Å². The second kappa shape index (κ2) is 7.82. The molecule has 0 radical (unpaired) electrons. The minimum absolute atomic E-state index is 0.134. The first-order valence-electron chi connectivity index (χ1n) is 8.91. The third-order valence-electron chi connectivity index (χ3n) is 4.26. The van der Waals surface area contributed by atoms with Gasteiger partial charge >= 0.3 is 6.03 Å². The molecule has 1 fully saturated rings. The Morgan fingerprint density at radius 2 is 1.41 bits per heavy atom. The molecule has 142 valence electrons. The molecular formula is C23H16N2O4. The number of imide groups is 2. The molecule has 1 N–H and O–H groups in total. The van der Waals surface area contributed by atoms with Crippen LogP contribution in [0.1, 0.15) is 5.56 Å². The van der Waals surface area contributed by atoms with E-state index in [-0.39, 0.29) is 5.57 Å². The minimum Gasteiger partial charge on any atom is -0.457 e. The van der Waals surface area contributed by atoms with E-state index in [0.717, 1.165) is 4.90 Å². The maximum atomic E-state index is 12.9. The zero-order valence-electron chi connectivity index (χ0n) is 15.2. The van der Waals surface area contributed by atoms with Gasteiger partial charge in [0.25, 0.3) is 11.8 Å². The molecule has 0 aromatic heterocycles. The van der Waals surface area contributed by atoms with Crippen molar-refractivity contribution in [3.8, 4) is 11.5 Å². The predicted octanol–water partition coefficient (Wildman–Crippen LogP) is 4.15. The fourth-order valence-corrected chi connectivity index (χ4v) is 2.93. The van der Waals surface area contributed by atoms with E-state index in [0.29, 0.717) is 22.7 Å². The van der Waals surface area contributed by atoms with Crippen LogP contribution >= 0.6 is 0 Å². The first-order valence-corrected chi connectivity index (χ1v) is 8.91. The van der Waals surface area contributed by atoms with E-state index < -0.39 is 17.8 Å². The number of amides is 4. The molecule has 4 rings (SSSR count). The van der Waals surface area contributed by atoms with Crippen LogP contribution in [0.25, 0.3) is 6.08 Å². The van der Waals surface area contributed by atoms with Crippen molar-refractivity contribution in [1.29, 1.82) is 0 Å². The Morgan fingerprint density at radius 3 is 2.14 bits per heavy atom. The van der Waals surface area contributed by atoms with Crippen LogP contribution in [0.3, 0.4) is 0 Å². The van der Waals surface area contributed by atoms with Crippen LogP contribution in [-0.4, -0.2) is 17.8 Å². The number of ether oxygens (including phenoxy) is 1. The van der Waals surface area contributed by atoms with Gasteiger partial charge in [0.1, 0.15) is 17.1 Å². The summed E-state index contributed by atoms with van der Waals surface area (Å²) in [7, 11) is 0. The first kappa shape index (κ1) is 18.2. The Hall–Kier alpha value is -4.19. The molecule has 0 aliphatic carbocycles. The molecule has 0 unspecified atom stereocenters. The first-order chi connectivity index (χ1) is 14.1. The third kappa shape index (κ3) is 3.91. The number of hydrogen-bond donors (Lipinski definition) is 1. The van der Waals surface area contributed by atoms with Crippen LogP contribution < -0.4 is 15.0 Å². The van der Waals surface area contributed by atoms with E-state index in [4.69, 9.17) is 4.74 Å². The molecule has 4 amide bonds. The van der Waals surface area contributed by atoms with Crippen LogP contribution in [0.2, 0.25) is 0 Å². The van der Waals surface area contributed by atoms with Crippen molar-refractivity contribution >= 4 is 29.6 Å². The number of nitrogens with zero attached hydrogens (tertiary/aromatic N) is 1. The van der Waals surface area contributed by atoms with Crippen molar-refractivity contribution in [2.45, 2.75) is 0 Å². The standard InChI is InChI=1S/C23H16N2O4/c26-21-20(22(27)25(23(28)24-21)17-9-3-1-4-10-17)15-16-8-7-13-19(14-16)29-18-11-5-2-6-12-18/h1-15H,(H,24,26,28)/b20-15+. The summed E-state index contributed by atoms with van der Waals surface area (Å²) in [6.45, 7) is 0. The Kier molecular flexibility index (Phi) is 4.90. The summed E-state index contributed by atoms with van der Waals surface area (Å²) >= 11 is 0. The van der Waals surface area contributed by atoms with Gasteiger partial charge in [0, 0.05) is 0 Å². The largest absolute Gasteiger partial charge is 0.457 e. The number of anilines is 1. The number of nitrogens with one attached hydrogen (secondary N) is 1. The number of carbonyl (C=O) groups excluding carboxylic acids is 3. The van der Waals surface area contributed by atoms with Crippen LogP contribution in [0.5, 0.6) is 11.5 Å². The SMILES string of the molecule is O=C1NC(=O)N(c2ccccc2)C(=O)/C1=C/c1cccc(Oc2ccccc2)c1. The summed E-state index contributed by atoms with van der Waals surface area (Å²) in [5.74, 6) is -0.185. The average Bonchev–Trinajstić information content (AvgIpc) is 2.73. The van der Waals surface area contributed by atoms with Gasteiger partial charge in [-0.15, -0.1) is 0 Å². The van der Waals surface area contributed by atoms with Gasteiger partial charge in [-0.05, 0) is 48.0 Å². The maximum absolute atomic E-state index is 12.9. The number of para-hydroxylation sites is 2. The van der Waals surface area contributed by atoms with Crippen molar-refractivity contribution in [1.82, 2.24) is 5.32 Å². The summed E-state index contributed by atoms with van der Waals surface area (Å²) in [5.41, 5.74) is 0.846. The molecule has 3 aromatic carbocycles. The minimum atomic E-state index is -0.774. The van der Waals surface area contributed by atoms with Crippen LogP contribution in [0.15, 0.2) is 90.5 Å². The highest BCUT2D eigenvalue weighted by atomic mass is 16.5. The molecule has 1 aliphatic rings. The molecule has 0 bridgehead atoms. The molecule has 1 saturated heterocycles. The van der Waals surface area contributed by atoms with Gasteiger partial charge in [0.15, 0.2) is 0 Å². The second-order valence-corrected chi connectivity index (χ2v) is 6.28. The monoisotopic (exact) mass is 384 g/mol. The number of carbonyl (C=O) groups is 3. The lowest BCUT2D eigenvalue weighted by molar-refractivity contribution is -0.122. The third-order valence-corrected chi connectivity index (χ3v) is 4.26. The predicted molar refractivity (Wildman–Crippen MR) is 108 cm³/mol. The molecule has 3 aromatic rings. The Labute approximate surface area is 167 Å². The topological polar surface area (TPSA) is 75.7 Å². The van der Waals surface area contributed by atoms with Crippen molar-refractivity contribution in [2.24, 2.45) is 0 Å². The van der Waals surface area contributed by atoms with E-state index >= 15 is 0 Å². The fraction of sp³-hybridized carbons (Fsp3) is 0. The Bertz CT molecular complexity index is 1110. The summed E-state index contributed by atoms with van der Waals surface area (Å²) in [6, 6.07) is 23.9.